The molecular formula is C16H33CaO4P. The van der Waals surface area contributed by atoms with Crippen molar-refractivity contribution in [2.45, 2.75) is 96.8 Å². The van der Waals surface area contributed by atoms with Gasteiger partial charge < -0.3 is 18.9 Å². The predicted octanol–water partition coefficient (Wildman–Crippen LogP) is 3.93. The van der Waals surface area contributed by atoms with Crippen LogP contribution >= 0.6 is 7.82 Å². The Bertz CT molecular complexity index is 259. The Morgan fingerprint density at radius 3 is 1.32 bits per heavy atom. The van der Waals surface area contributed by atoms with E-state index in [1.807, 2.05) is 0 Å². The molecule has 0 aliphatic rings. The standard InChI is InChI=1S/C16H35O4P.Ca/c1-2-3-4-5-6-7-8-9-10-11-12-13-14-15-16-20-21(17,18)19;/h2-16H2,1H3,(H2,17,18,19);/q;+2/p-2. The van der Waals surface area contributed by atoms with Gasteiger partial charge in [-0.3, -0.25) is 0 Å². The van der Waals surface area contributed by atoms with Crippen LogP contribution < -0.4 is 9.79 Å². The second-order valence-corrected chi connectivity index (χ2v) is 7.03. The molecule has 0 aliphatic heterocycles. The van der Waals surface area contributed by atoms with Gasteiger partial charge in [0.25, 0.3) is 0 Å². The maximum absolute atomic E-state index is 10.2. The Kier molecular flexibility index (Phi) is 21.8. The molecule has 0 saturated carbocycles. The van der Waals surface area contributed by atoms with Gasteiger partial charge in [0.2, 0.25) is 0 Å². The summed E-state index contributed by atoms with van der Waals surface area (Å²) in [5, 5.41) is 0. The van der Waals surface area contributed by atoms with Gasteiger partial charge in [-0.2, -0.15) is 0 Å². The van der Waals surface area contributed by atoms with Gasteiger partial charge in [0, 0.05) is 0 Å². The molecule has 0 spiro atoms. The van der Waals surface area contributed by atoms with E-state index in [0.717, 1.165) is 12.8 Å². The summed E-state index contributed by atoms with van der Waals surface area (Å²) in [6.07, 6.45) is 17.4. The van der Waals surface area contributed by atoms with Crippen molar-refractivity contribution >= 4 is 45.6 Å². The molecule has 0 atom stereocenters. The van der Waals surface area contributed by atoms with Crippen molar-refractivity contribution in [2.75, 3.05) is 6.61 Å². The second-order valence-electron chi connectivity index (χ2n) is 5.88. The summed E-state index contributed by atoms with van der Waals surface area (Å²) in [6.45, 7) is 2.29. The third-order valence-electron chi connectivity index (χ3n) is 3.75. The van der Waals surface area contributed by atoms with Gasteiger partial charge in [-0.25, -0.2) is 0 Å². The molecule has 0 fully saturated rings. The summed E-state index contributed by atoms with van der Waals surface area (Å²) in [4.78, 5) is 20.4. The van der Waals surface area contributed by atoms with E-state index in [1.165, 1.54) is 70.6 Å². The summed E-state index contributed by atoms with van der Waals surface area (Å²) in [5.74, 6) is 0. The molecule has 0 unspecified atom stereocenters. The first-order valence-electron chi connectivity index (χ1n) is 8.73. The van der Waals surface area contributed by atoms with Crippen LogP contribution in [0.25, 0.3) is 0 Å². The minimum Gasteiger partial charge on any atom is -0.790 e. The molecule has 0 rings (SSSR count). The molecule has 4 nitrogen and oxygen atoms in total. The van der Waals surface area contributed by atoms with Crippen LogP contribution in [0, 0.1) is 0 Å². The molecule has 0 heterocycles. The van der Waals surface area contributed by atoms with E-state index < -0.39 is 7.82 Å². The van der Waals surface area contributed by atoms with Gasteiger partial charge in [0.15, 0.2) is 0 Å². The molecule has 0 bridgehead atoms. The van der Waals surface area contributed by atoms with Crippen LogP contribution in [0.2, 0.25) is 0 Å². The predicted molar refractivity (Wildman–Crippen MR) is 89.6 cm³/mol. The largest absolute Gasteiger partial charge is 2.00 e. The zero-order chi connectivity index (χ0) is 15.8. The molecule has 0 aliphatic carbocycles. The maximum Gasteiger partial charge on any atom is 2.00 e. The molecule has 0 aromatic rings. The van der Waals surface area contributed by atoms with E-state index in [2.05, 4.69) is 11.4 Å². The molecule has 0 N–H and O–H groups in total. The van der Waals surface area contributed by atoms with Crippen LogP contribution in [0.15, 0.2) is 0 Å². The Balaban J connectivity index is 0. The van der Waals surface area contributed by atoms with Crippen LogP contribution in [-0.2, 0) is 9.09 Å². The molecule has 0 aromatic heterocycles. The van der Waals surface area contributed by atoms with Crippen molar-refractivity contribution in [3.8, 4) is 0 Å². The molecule has 0 radical (unpaired) electrons. The summed E-state index contributed by atoms with van der Waals surface area (Å²) < 4.78 is 14.4. The Morgan fingerprint density at radius 2 is 1.00 bits per heavy atom. The van der Waals surface area contributed by atoms with Crippen molar-refractivity contribution in [2.24, 2.45) is 0 Å². The van der Waals surface area contributed by atoms with Crippen molar-refractivity contribution in [3.63, 3.8) is 0 Å². The van der Waals surface area contributed by atoms with Crippen LogP contribution in [0.4, 0.5) is 0 Å². The van der Waals surface area contributed by atoms with E-state index in [-0.39, 0.29) is 44.3 Å². The molecule has 128 valence electrons. The number of phosphoric acid groups is 1. The fourth-order valence-corrected chi connectivity index (χ4v) is 2.83. The van der Waals surface area contributed by atoms with Gasteiger partial charge in [0.05, 0.1) is 14.4 Å². The van der Waals surface area contributed by atoms with Gasteiger partial charge in [-0.1, -0.05) is 90.4 Å². The molecule has 0 aromatic carbocycles. The average molecular weight is 360 g/mol. The SMILES string of the molecule is CCCCCCCCCCCCCCCCOP(=O)([O-])[O-].[Ca+2]. The average Bonchev–Trinajstić information content (AvgIpc) is 2.42. The van der Waals surface area contributed by atoms with Crippen molar-refractivity contribution in [1.29, 1.82) is 0 Å². The zero-order valence-electron chi connectivity index (χ0n) is 14.4. The first-order valence-corrected chi connectivity index (χ1v) is 10.2. The summed E-state index contributed by atoms with van der Waals surface area (Å²) in [7, 11) is -4.75. The van der Waals surface area contributed by atoms with Crippen LogP contribution in [0.1, 0.15) is 96.8 Å². The fraction of sp³-hybridized carbons (Fsp3) is 1.00. The minimum absolute atomic E-state index is 0. The van der Waals surface area contributed by atoms with E-state index >= 15 is 0 Å². The third kappa shape index (κ3) is 23.6. The van der Waals surface area contributed by atoms with Crippen LogP contribution in [0.5, 0.6) is 0 Å². The molecule has 22 heavy (non-hydrogen) atoms. The van der Waals surface area contributed by atoms with Crippen molar-refractivity contribution in [3.05, 3.63) is 0 Å². The minimum atomic E-state index is -4.75. The van der Waals surface area contributed by atoms with Crippen molar-refractivity contribution < 1.29 is 18.9 Å². The smallest absolute Gasteiger partial charge is 0.790 e. The number of phosphoric ester groups is 1. The molecule has 0 saturated heterocycles. The summed E-state index contributed by atoms with van der Waals surface area (Å²) in [6, 6.07) is 0. The normalized spacial score (nSPS) is 11.4. The Morgan fingerprint density at radius 1 is 0.682 bits per heavy atom. The first-order chi connectivity index (χ1) is 10.1. The first kappa shape index (κ1) is 25.6. The maximum atomic E-state index is 10.2. The summed E-state index contributed by atoms with van der Waals surface area (Å²) >= 11 is 0. The Labute approximate surface area is 167 Å². The van der Waals surface area contributed by atoms with Gasteiger partial charge in [-0.15, -0.1) is 0 Å². The second kappa shape index (κ2) is 18.7. The van der Waals surface area contributed by atoms with Gasteiger partial charge >= 0.3 is 37.7 Å². The van der Waals surface area contributed by atoms with E-state index in [0.29, 0.717) is 6.42 Å². The van der Waals surface area contributed by atoms with Gasteiger partial charge in [-0.05, 0) is 6.42 Å². The quantitative estimate of drug-likeness (QED) is 0.237. The molecular weight excluding hydrogens is 327 g/mol. The van der Waals surface area contributed by atoms with Crippen molar-refractivity contribution in [1.82, 2.24) is 0 Å². The topological polar surface area (TPSA) is 72.4 Å². The third-order valence-corrected chi connectivity index (χ3v) is 4.25. The zero-order valence-corrected chi connectivity index (χ0v) is 17.5. The van der Waals surface area contributed by atoms with Crippen LogP contribution in [0.3, 0.4) is 0 Å². The van der Waals surface area contributed by atoms with Crippen LogP contribution in [-0.4, -0.2) is 44.3 Å². The van der Waals surface area contributed by atoms with E-state index in [4.69, 9.17) is 0 Å². The number of unbranched alkanes of at least 4 members (excludes halogenated alkanes) is 13. The molecule has 6 heteroatoms. The summed E-state index contributed by atoms with van der Waals surface area (Å²) in [5.41, 5.74) is 0. The Hall–Kier alpha value is 1.37. The fourth-order valence-electron chi connectivity index (χ4n) is 2.47. The number of rotatable bonds is 16. The van der Waals surface area contributed by atoms with E-state index in [9.17, 15) is 14.4 Å². The number of hydrogen-bond acceptors (Lipinski definition) is 4. The van der Waals surface area contributed by atoms with Gasteiger partial charge in [0.1, 0.15) is 0 Å². The number of hydrogen-bond donors (Lipinski definition) is 0. The van der Waals surface area contributed by atoms with E-state index in [1.54, 1.807) is 0 Å². The monoisotopic (exact) mass is 360 g/mol. The molecule has 0 amide bonds.